The molecule has 8 heteroatoms. The van der Waals surface area contributed by atoms with Gasteiger partial charge in [0, 0.05) is 12.6 Å². The van der Waals surface area contributed by atoms with Crippen LogP contribution in [-0.4, -0.2) is 44.9 Å². The zero-order chi connectivity index (χ0) is 26.5. The number of hydrogen-bond acceptors (Lipinski definition) is 5. The lowest BCUT2D eigenvalue weighted by molar-refractivity contribution is -0.142. The van der Waals surface area contributed by atoms with Crippen molar-refractivity contribution in [3.63, 3.8) is 0 Å². The van der Waals surface area contributed by atoms with Gasteiger partial charge in [0.2, 0.25) is 11.8 Å². The summed E-state index contributed by atoms with van der Waals surface area (Å²) in [6.07, 6.45) is 4.10. The molecule has 3 aromatic carbocycles. The average molecular weight is 512 g/mol. The Labute approximate surface area is 222 Å². The van der Waals surface area contributed by atoms with E-state index in [2.05, 4.69) is 15.6 Å². The zero-order valence-corrected chi connectivity index (χ0v) is 21.8. The number of rotatable bonds is 9. The normalized spacial score (nSPS) is 14.4. The lowest BCUT2D eigenvalue weighted by atomic mass is 10.0. The van der Waals surface area contributed by atoms with Gasteiger partial charge in [0.05, 0.1) is 12.6 Å². The number of fused-ring (bicyclic) bond motifs is 1. The Bertz CT molecular complexity index is 1410. The van der Waals surface area contributed by atoms with Gasteiger partial charge in [0.1, 0.15) is 23.9 Å². The molecule has 2 amide bonds. The third-order valence-electron chi connectivity index (χ3n) is 7.17. The topological polar surface area (TPSA) is 89.4 Å². The fourth-order valence-corrected chi connectivity index (χ4v) is 5.10. The zero-order valence-electron chi connectivity index (χ0n) is 21.8. The molecule has 38 heavy (non-hydrogen) atoms. The summed E-state index contributed by atoms with van der Waals surface area (Å²) in [7, 11) is 1.60. The number of nitrogens with one attached hydrogen (secondary N) is 1. The standard InChI is InChI=1S/C30H33N5O3/c1-21-14-16-22(17-15-21)19-34(28(36)20-35-27-13-6-5-12-26(27)32-33-35)29(23-8-7-11-25(18-23)38-2)30(37)31-24-9-3-4-10-24/h5-8,11-18,24,29H,3-4,9-10,19-20H2,1-2H3,(H,31,37)/t29-/m0/s1. The van der Waals surface area contributed by atoms with Crippen LogP contribution in [0.5, 0.6) is 5.75 Å². The largest absolute Gasteiger partial charge is 0.497 e. The summed E-state index contributed by atoms with van der Waals surface area (Å²) in [5.74, 6) is 0.218. The minimum atomic E-state index is -0.839. The summed E-state index contributed by atoms with van der Waals surface area (Å²) in [6.45, 7) is 2.26. The molecule has 1 aliphatic rings. The molecular formula is C30H33N5O3. The Morgan fingerprint density at radius 3 is 2.58 bits per heavy atom. The van der Waals surface area contributed by atoms with E-state index in [0.29, 0.717) is 16.8 Å². The monoisotopic (exact) mass is 511 g/mol. The highest BCUT2D eigenvalue weighted by molar-refractivity contribution is 5.89. The van der Waals surface area contributed by atoms with Gasteiger partial charge in [0.15, 0.2) is 0 Å². The van der Waals surface area contributed by atoms with Gasteiger partial charge in [-0.05, 0) is 55.2 Å². The van der Waals surface area contributed by atoms with E-state index in [-0.39, 0.29) is 30.9 Å². The number of aromatic nitrogens is 3. The van der Waals surface area contributed by atoms with Crippen LogP contribution < -0.4 is 10.1 Å². The summed E-state index contributed by atoms with van der Waals surface area (Å²) in [5.41, 5.74) is 4.25. The molecule has 0 spiro atoms. The Kier molecular flexibility index (Phi) is 7.67. The molecular weight excluding hydrogens is 478 g/mol. The first-order valence-electron chi connectivity index (χ1n) is 13.1. The van der Waals surface area contributed by atoms with Gasteiger partial charge in [-0.3, -0.25) is 9.59 Å². The molecule has 5 rings (SSSR count). The maximum atomic E-state index is 14.1. The van der Waals surface area contributed by atoms with E-state index in [1.807, 2.05) is 79.7 Å². The second kappa shape index (κ2) is 11.5. The molecule has 1 saturated carbocycles. The molecule has 1 fully saturated rings. The van der Waals surface area contributed by atoms with Gasteiger partial charge in [-0.1, -0.05) is 72.1 Å². The summed E-state index contributed by atoms with van der Waals surface area (Å²) in [6, 6.07) is 22.2. The van der Waals surface area contributed by atoms with Gasteiger partial charge < -0.3 is 15.0 Å². The van der Waals surface area contributed by atoms with Crippen molar-refractivity contribution in [2.45, 2.75) is 57.8 Å². The number of ether oxygens (including phenoxy) is 1. The van der Waals surface area contributed by atoms with E-state index >= 15 is 0 Å². The molecule has 0 bridgehead atoms. The molecule has 0 radical (unpaired) electrons. The van der Waals surface area contributed by atoms with Crippen LogP contribution in [0.2, 0.25) is 0 Å². The maximum Gasteiger partial charge on any atom is 0.247 e. The van der Waals surface area contributed by atoms with E-state index in [9.17, 15) is 9.59 Å². The molecule has 0 saturated heterocycles. The second-order valence-corrected chi connectivity index (χ2v) is 9.91. The molecule has 1 N–H and O–H groups in total. The quantitative estimate of drug-likeness (QED) is 0.355. The first-order chi connectivity index (χ1) is 18.5. The SMILES string of the molecule is COc1cccc([C@@H](C(=O)NC2CCCC2)N(Cc2ccc(C)cc2)C(=O)Cn2nnc3ccccc32)c1. The number of benzene rings is 3. The van der Waals surface area contributed by atoms with Crippen LogP contribution in [0.3, 0.4) is 0 Å². The maximum absolute atomic E-state index is 14.1. The molecule has 8 nitrogen and oxygen atoms in total. The highest BCUT2D eigenvalue weighted by Crippen LogP contribution is 2.29. The Morgan fingerprint density at radius 1 is 1.05 bits per heavy atom. The van der Waals surface area contributed by atoms with Crippen LogP contribution in [0.25, 0.3) is 11.0 Å². The summed E-state index contributed by atoms with van der Waals surface area (Å²) >= 11 is 0. The van der Waals surface area contributed by atoms with Crippen LogP contribution in [0.4, 0.5) is 0 Å². The number of carbonyl (C=O) groups excluding carboxylic acids is 2. The lowest BCUT2D eigenvalue weighted by Crippen LogP contribution is -2.46. The average Bonchev–Trinajstić information content (AvgIpc) is 3.60. The van der Waals surface area contributed by atoms with Crippen molar-refractivity contribution >= 4 is 22.8 Å². The Hall–Kier alpha value is -4.20. The predicted octanol–water partition coefficient (Wildman–Crippen LogP) is 4.58. The van der Waals surface area contributed by atoms with Crippen LogP contribution >= 0.6 is 0 Å². The lowest BCUT2D eigenvalue weighted by Gasteiger charge is -2.32. The first kappa shape index (κ1) is 25.4. The van der Waals surface area contributed by atoms with Crippen molar-refractivity contribution in [3.8, 4) is 5.75 Å². The van der Waals surface area contributed by atoms with Crippen molar-refractivity contribution in [2.24, 2.45) is 0 Å². The fourth-order valence-electron chi connectivity index (χ4n) is 5.10. The van der Waals surface area contributed by atoms with Crippen LogP contribution in [0.15, 0.2) is 72.8 Å². The van der Waals surface area contributed by atoms with E-state index < -0.39 is 6.04 Å². The number of nitrogens with zero attached hydrogens (tertiary/aromatic N) is 4. The van der Waals surface area contributed by atoms with Crippen LogP contribution in [0, 0.1) is 6.92 Å². The summed E-state index contributed by atoms with van der Waals surface area (Å²) in [5, 5.41) is 11.6. The van der Waals surface area contributed by atoms with Crippen molar-refractivity contribution in [2.75, 3.05) is 7.11 Å². The number of methoxy groups -OCH3 is 1. The van der Waals surface area contributed by atoms with E-state index in [1.54, 1.807) is 16.7 Å². The van der Waals surface area contributed by atoms with Crippen LogP contribution in [0.1, 0.15) is 48.4 Å². The molecule has 1 aliphatic carbocycles. The highest BCUT2D eigenvalue weighted by atomic mass is 16.5. The highest BCUT2D eigenvalue weighted by Gasteiger charge is 2.34. The number of aryl methyl sites for hydroxylation is 1. The smallest absolute Gasteiger partial charge is 0.247 e. The number of para-hydroxylation sites is 1. The minimum Gasteiger partial charge on any atom is -0.497 e. The van der Waals surface area contributed by atoms with E-state index in [1.165, 1.54) is 0 Å². The van der Waals surface area contributed by atoms with Gasteiger partial charge in [0.25, 0.3) is 0 Å². The van der Waals surface area contributed by atoms with Crippen molar-refractivity contribution < 1.29 is 14.3 Å². The third kappa shape index (κ3) is 5.69. The Morgan fingerprint density at radius 2 is 1.82 bits per heavy atom. The van der Waals surface area contributed by atoms with Gasteiger partial charge in [-0.25, -0.2) is 4.68 Å². The van der Waals surface area contributed by atoms with E-state index in [4.69, 9.17) is 4.74 Å². The number of hydrogen-bond donors (Lipinski definition) is 1. The number of amides is 2. The first-order valence-corrected chi connectivity index (χ1v) is 13.1. The van der Waals surface area contributed by atoms with Crippen molar-refractivity contribution in [1.82, 2.24) is 25.2 Å². The van der Waals surface area contributed by atoms with Gasteiger partial charge in [-0.2, -0.15) is 0 Å². The summed E-state index contributed by atoms with van der Waals surface area (Å²) < 4.78 is 7.06. The van der Waals surface area contributed by atoms with Gasteiger partial charge in [-0.15, -0.1) is 5.10 Å². The molecule has 1 aromatic heterocycles. The van der Waals surface area contributed by atoms with Crippen molar-refractivity contribution in [3.05, 3.63) is 89.5 Å². The van der Waals surface area contributed by atoms with Gasteiger partial charge >= 0.3 is 0 Å². The predicted molar refractivity (Wildman–Crippen MR) is 145 cm³/mol. The summed E-state index contributed by atoms with van der Waals surface area (Å²) in [4.78, 5) is 29.6. The molecule has 196 valence electrons. The molecule has 1 heterocycles. The van der Waals surface area contributed by atoms with Crippen LogP contribution in [-0.2, 0) is 22.7 Å². The minimum absolute atomic E-state index is 0.0381. The third-order valence-corrected chi connectivity index (χ3v) is 7.17. The molecule has 0 unspecified atom stereocenters. The molecule has 4 aromatic rings. The molecule has 0 aliphatic heterocycles. The number of carbonyl (C=O) groups is 2. The molecule has 1 atom stereocenters. The Balaban J connectivity index is 1.54. The van der Waals surface area contributed by atoms with Crippen molar-refractivity contribution in [1.29, 1.82) is 0 Å². The fraction of sp³-hybridized carbons (Fsp3) is 0.333. The second-order valence-electron chi connectivity index (χ2n) is 9.91. The van der Waals surface area contributed by atoms with E-state index in [0.717, 1.165) is 42.3 Å².